The summed E-state index contributed by atoms with van der Waals surface area (Å²) in [4.78, 5) is 26.5. The lowest BCUT2D eigenvalue weighted by Crippen LogP contribution is -2.38. The molecule has 16 heteroatoms. The van der Waals surface area contributed by atoms with E-state index in [4.69, 9.17) is 37.6 Å². The third-order valence-corrected chi connectivity index (χ3v) is 9.51. The van der Waals surface area contributed by atoms with Crippen LogP contribution in [0.5, 0.6) is 0 Å². The summed E-state index contributed by atoms with van der Waals surface area (Å²) in [6.07, 6.45) is 0.0199. The Bertz CT molecular complexity index is 1030. The monoisotopic (exact) mass is 610 g/mol. The zero-order chi connectivity index (χ0) is 30.1. The first-order valence-electron chi connectivity index (χ1n) is 13.0. The molecule has 1 heterocycles. The average Bonchev–Trinajstić information content (AvgIpc) is 2.91. The van der Waals surface area contributed by atoms with E-state index in [-0.39, 0.29) is 57.5 Å². The molecule has 1 unspecified atom stereocenters. The molecule has 1 rings (SSSR count). The van der Waals surface area contributed by atoms with Crippen molar-refractivity contribution in [2.45, 2.75) is 65.0 Å². The molecule has 0 bridgehead atoms. The van der Waals surface area contributed by atoms with Crippen LogP contribution in [0.1, 0.15) is 46.8 Å². The van der Waals surface area contributed by atoms with Crippen molar-refractivity contribution in [3.8, 4) is 6.07 Å². The van der Waals surface area contributed by atoms with Crippen molar-refractivity contribution >= 4 is 16.1 Å². The van der Waals surface area contributed by atoms with Gasteiger partial charge < -0.3 is 32.3 Å². The van der Waals surface area contributed by atoms with Gasteiger partial charge in [0.15, 0.2) is 6.23 Å². The standard InChI is InChI=1S/C24H44N4O10P2/c1-19(2)28(20(3)4)39(36-13-8-11-25)37-17-21(10-16-40(31,33-6)34-7)38-23(18-35-15-14-32-5)27-12-9-22(29)26-24(27)30/h9,12,19-21,23H,8,10,13-18H2,1-7H3,(H,26,29,30)/t21-,23-,39?/m1/s1. The minimum absolute atomic E-state index is 0.00565. The summed E-state index contributed by atoms with van der Waals surface area (Å²) in [5.74, 6) is 0. The highest BCUT2D eigenvalue weighted by Crippen LogP contribution is 2.48. The number of nitrogens with one attached hydrogen (secondary N) is 1. The lowest BCUT2D eigenvalue weighted by molar-refractivity contribution is -0.113. The molecule has 0 amide bonds. The summed E-state index contributed by atoms with van der Waals surface area (Å²) >= 11 is 0. The van der Waals surface area contributed by atoms with Crippen LogP contribution in [0.25, 0.3) is 0 Å². The first kappa shape index (κ1) is 36.5. The lowest BCUT2D eigenvalue weighted by Gasteiger charge is -2.36. The average molecular weight is 611 g/mol. The fraction of sp³-hybridized carbons (Fsp3) is 0.792. The topological polar surface area (TPSA) is 164 Å². The first-order valence-corrected chi connectivity index (χ1v) is 15.8. The Morgan fingerprint density at radius 1 is 1.05 bits per heavy atom. The van der Waals surface area contributed by atoms with Crippen molar-refractivity contribution in [3.05, 3.63) is 33.1 Å². The Balaban J connectivity index is 3.28. The summed E-state index contributed by atoms with van der Waals surface area (Å²) in [7, 11) is -0.843. The molecule has 1 aromatic rings. The van der Waals surface area contributed by atoms with Gasteiger partial charge in [-0.1, -0.05) is 0 Å². The van der Waals surface area contributed by atoms with Gasteiger partial charge in [-0.05, 0) is 34.1 Å². The molecule has 0 radical (unpaired) electrons. The van der Waals surface area contributed by atoms with Crippen LogP contribution in [-0.4, -0.2) is 92.9 Å². The van der Waals surface area contributed by atoms with Gasteiger partial charge in [0.25, 0.3) is 14.1 Å². The Hall–Kier alpha value is -1.49. The number of nitriles is 1. The minimum Gasteiger partial charge on any atom is -0.382 e. The van der Waals surface area contributed by atoms with E-state index in [9.17, 15) is 14.2 Å². The molecular weight excluding hydrogens is 566 g/mol. The van der Waals surface area contributed by atoms with Gasteiger partial charge in [0.1, 0.15) is 0 Å². The Morgan fingerprint density at radius 3 is 2.27 bits per heavy atom. The van der Waals surface area contributed by atoms with Crippen molar-refractivity contribution < 1.29 is 36.9 Å². The van der Waals surface area contributed by atoms with Gasteiger partial charge in [-0.3, -0.25) is 18.9 Å². The molecule has 0 saturated heterocycles. The van der Waals surface area contributed by atoms with E-state index in [0.717, 1.165) is 0 Å². The second-order valence-corrected chi connectivity index (χ2v) is 13.0. The Kier molecular flexibility index (Phi) is 17.9. The molecule has 0 saturated carbocycles. The van der Waals surface area contributed by atoms with Crippen LogP contribution in [-0.2, 0) is 36.9 Å². The van der Waals surface area contributed by atoms with Gasteiger partial charge in [-0.2, -0.15) is 5.26 Å². The molecule has 40 heavy (non-hydrogen) atoms. The maximum absolute atomic E-state index is 12.8. The first-order chi connectivity index (χ1) is 19.0. The molecule has 1 aromatic heterocycles. The second-order valence-electron chi connectivity index (χ2n) is 9.13. The SMILES string of the molecule is COCCOC[C@@H](O[C@H](CCP(=O)(OC)OC)COP(OCCC#N)N(C(C)C)C(C)C)n1ccc(=O)[nH]c1=O. The van der Waals surface area contributed by atoms with Gasteiger partial charge in [0.05, 0.1) is 57.8 Å². The number of hydrogen-bond donors (Lipinski definition) is 1. The predicted molar refractivity (Wildman–Crippen MR) is 150 cm³/mol. The van der Waals surface area contributed by atoms with E-state index in [1.54, 1.807) is 0 Å². The van der Waals surface area contributed by atoms with E-state index in [2.05, 4.69) is 15.7 Å². The summed E-state index contributed by atoms with van der Waals surface area (Å²) in [5, 5.41) is 8.98. The number of H-pyrrole nitrogens is 1. The van der Waals surface area contributed by atoms with Gasteiger partial charge in [-0.15, -0.1) is 0 Å². The van der Waals surface area contributed by atoms with Gasteiger partial charge in [0, 0.05) is 45.7 Å². The smallest absolute Gasteiger partial charge is 0.330 e. The van der Waals surface area contributed by atoms with Gasteiger partial charge >= 0.3 is 13.3 Å². The fourth-order valence-electron chi connectivity index (χ4n) is 3.60. The van der Waals surface area contributed by atoms with E-state index in [1.165, 1.54) is 38.2 Å². The molecule has 230 valence electrons. The summed E-state index contributed by atoms with van der Waals surface area (Å²) in [5.41, 5.74) is -1.23. The predicted octanol–water partition coefficient (Wildman–Crippen LogP) is 3.25. The highest BCUT2D eigenvalue weighted by molar-refractivity contribution is 7.53. The maximum atomic E-state index is 12.8. The molecular formula is C24H44N4O10P2. The number of aromatic nitrogens is 2. The van der Waals surface area contributed by atoms with Crippen molar-refractivity contribution in [2.75, 3.05) is 60.5 Å². The highest BCUT2D eigenvalue weighted by atomic mass is 31.2. The van der Waals surface area contributed by atoms with Crippen LogP contribution < -0.4 is 11.2 Å². The Labute approximate surface area is 237 Å². The number of ether oxygens (including phenoxy) is 3. The van der Waals surface area contributed by atoms with E-state index < -0.39 is 39.7 Å². The molecule has 0 aliphatic rings. The molecule has 0 spiro atoms. The van der Waals surface area contributed by atoms with Crippen molar-refractivity contribution in [2.24, 2.45) is 0 Å². The summed E-state index contributed by atoms with van der Waals surface area (Å²) in [6, 6.07) is 3.43. The van der Waals surface area contributed by atoms with E-state index in [1.807, 2.05) is 27.7 Å². The molecule has 14 nitrogen and oxygen atoms in total. The van der Waals surface area contributed by atoms with Crippen molar-refractivity contribution in [1.82, 2.24) is 14.2 Å². The van der Waals surface area contributed by atoms with E-state index in [0.29, 0.717) is 6.61 Å². The van der Waals surface area contributed by atoms with Crippen molar-refractivity contribution in [1.29, 1.82) is 5.26 Å². The molecule has 0 aliphatic carbocycles. The number of rotatable bonds is 22. The van der Waals surface area contributed by atoms with Gasteiger partial charge in [0.2, 0.25) is 0 Å². The van der Waals surface area contributed by atoms with Crippen LogP contribution >= 0.6 is 16.1 Å². The van der Waals surface area contributed by atoms with Crippen LogP contribution in [0.3, 0.4) is 0 Å². The summed E-state index contributed by atoms with van der Waals surface area (Å²) in [6.45, 7) is 8.78. The quantitative estimate of drug-likeness (QED) is 0.151. The highest BCUT2D eigenvalue weighted by Gasteiger charge is 2.31. The minimum atomic E-state index is -3.39. The van der Waals surface area contributed by atoms with E-state index >= 15 is 0 Å². The van der Waals surface area contributed by atoms with Crippen LogP contribution in [0, 0.1) is 11.3 Å². The molecule has 0 fully saturated rings. The summed E-state index contributed by atoms with van der Waals surface area (Å²) < 4.78 is 55.5. The molecule has 3 atom stereocenters. The molecule has 0 aromatic carbocycles. The second kappa shape index (κ2) is 19.6. The number of aromatic amines is 1. The fourth-order valence-corrected chi connectivity index (χ4v) is 6.35. The molecule has 0 aliphatic heterocycles. The van der Waals surface area contributed by atoms with Crippen LogP contribution in [0.4, 0.5) is 0 Å². The number of methoxy groups -OCH3 is 1. The zero-order valence-electron chi connectivity index (χ0n) is 24.4. The Morgan fingerprint density at radius 2 is 1.73 bits per heavy atom. The third kappa shape index (κ3) is 13.0. The van der Waals surface area contributed by atoms with Crippen LogP contribution in [0.15, 0.2) is 21.9 Å². The normalized spacial score (nSPS) is 14.5. The van der Waals surface area contributed by atoms with Crippen molar-refractivity contribution in [3.63, 3.8) is 0 Å². The number of nitrogens with zero attached hydrogens (tertiary/aromatic N) is 3. The third-order valence-electron chi connectivity index (χ3n) is 5.52. The largest absolute Gasteiger partial charge is 0.382 e. The molecule has 1 N–H and O–H groups in total. The number of hydrogen-bond acceptors (Lipinski definition) is 12. The zero-order valence-corrected chi connectivity index (χ0v) is 26.2. The van der Waals surface area contributed by atoms with Crippen LogP contribution in [0.2, 0.25) is 0 Å². The maximum Gasteiger partial charge on any atom is 0.330 e. The lowest BCUT2D eigenvalue weighted by atomic mass is 10.3. The van der Waals surface area contributed by atoms with Gasteiger partial charge in [-0.25, -0.2) is 9.46 Å².